The van der Waals surface area contributed by atoms with Crippen molar-refractivity contribution in [3.05, 3.63) is 35.9 Å². The van der Waals surface area contributed by atoms with E-state index >= 15 is 0 Å². The second kappa shape index (κ2) is 4.66. The normalized spacial score (nSPS) is 26.1. The molecule has 1 fully saturated rings. The zero-order valence-corrected chi connectivity index (χ0v) is 12.7. The maximum Gasteiger partial charge on any atom is 0.219 e. The molecule has 2 nitrogen and oxygen atoms in total. The van der Waals surface area contributed by atoms with E-state index in [0.717, 1.165) is 6.54 Å². The van der Waals surface area contributed by atoms with Gasteiger partial charge in [-0.25, -0.2) is 0 Å². The molecule has 2 heteroatoms. The second-order valence-corrected chi connectivity index (χ2v) is 6.98. The number of benzene rings is 1. The zero-order valence-electron chi connectivity index (χ0n) is 12.7. The molecule has 0 heterocycles. The van der Waals surface area contributed by atoms with Crippen LogP contribution in [-0.4, -0.2) is 22.9 Å². The van der Waals surface area contributed by atoms with Gasteiger partial charge < -0.3 is 4.90 Å². The summed E-state index contributed by atoms with van der Waals surface area (Å²) < 4.78 is 0. The first-order valence-corrected chi connectivity index (χ1v) is 7.09. The van der Waals surface area contributed by atoms with E-state index in [0.29, 0.717) is 5.92 Å². The summed E-state index contributed by atoms with van der Waals surface area (Å²) >= 11 is 0. The summed E-state index contributed by atoms with van der Waals surface area (Å²) in [5.74, 6) is 0.757. The van der Waals surface area contributed by atoms with Gasteiger partial charge in [-0.1, -0.05) is 37.3 Å². The summed E-state index contributed by atoms with van der Waals surface area (Å²) in [5, 5.41) is 0. The highest BCUT2D eigenvalue weighted by atomic mass is 16.2. The van der Waals surface area contributed by atoms with E-state index in [1.54, 1.807) is 6.92 Å². The van der Waals surface area contributed by atoms with Crippen molar-refractivity contribution in [1.82, 2.24) is 4.90 Å². The average Bonchev–Trinajstić information content (AvgIpc) is 2.98. The highest BCUT2D eigenvalue weighted by molar-refractivity contribution is 5.74. The molecule has 2 atom stereocenters. The lowest BCUT2D eigenvalue weighted by atomic mass is 9.94. The van der Waals surface area contributed by atoms with Crippen molar-refractivity contribution in [2.75, 3.05) is 6.54 Å². The summed E-state index contributed by atoms with van der Waals surface area (Å²) in [7, 11) is 0. The largest absolute Gasteiger partial charge is 0.338 e. The summed E-state index contributed by atoms with van der Waals surface area (Å²) in [6.45, 7) is 11.2. The van der Waals surface area contributed by atoms with Crippen molar-refractivity contribution in [2.45, 2.75) is 52.0 Å². The van der Waals surface area contributed by atoms with Crippen molar-refractivity contribution in [2.24, 2.45) is 5.92 Å². The van der Waals surface area contributed by atoms with Crippen LogP contribution in [-0.2, 0) is 10.2 Å². The molecule has 1 amide bonds. The van der Waals surface area contributed by atoms with Gasteiger partial charge in [0.1, 0.15) is 0 Å². The fourth-order valence-corrected chi connectivity index (χ4v) is 2.99. The molecule has 1 saturated carbocycles. The Labute approximate surface area is 116 Å². The molecule has 1 aromatic carbocycles. The van der Waals surface area contributed by atoms with Crippen LogP contribution in [0, 0.1) is 5.92 Å². The standard InChI is InChI=1S/C17H25NO/c1-13(19)18(16(2,3)4)12-15-11-17(15,5)14-9-7-6-8-10-14/h6-10,15H,11-12H2,1-5H3. The van der Waals surface area contributed by atoms with E-state index in [9.17, 15) is 4.79 Å². The zero-order chi connectivity index (χ0) is 14.3. The van der Waals surface area contributed by atoms with Crippen molar-refractivity contribution in [3.8, 4) is 0 Å². The Morgan fingerprint density at radius 3 is 2.37 bits per heavy atom. The maximum absolute atomic E-state index is 11.8. The number of nitrogens with zero attached hydrogens (tertiary/aromatic N) is 1. The molecule has 0 bridgehead atoms. The minimum absolute atomic E-state index is 0.0912. The van der Waals surface area contributed by atoms with Gasteiger partial charge in [-0.3, -0.25) is 4.79 Å². The Kier molecular flexibility index (Phi) is 3.46. The predicted octanol–water partition coefficient (Wildman–Crippen LogP) is 3.61. The lowest BCUT2D eigenvalue weighted by molar-refractivity contribution is -0.133. The summed E-state index contributed by atoms with van der Waals surface area (Å²) in [5.41, 5.74) is 1.56. The summed E-state index contributed by atoms with van der Waals surface area (Å²) in [6, 6.07) is 10.7. The molecule has 1 aromatic rings. The van der Waals surface area contributed by atoms with Gasteiger partial charge >= 0.3 is 0 Å². The van der Waals surface area contributed by atoms with Crippen molar-refractivity contribution < 1.29 is 4.79 Å². The fourth-order valence-electron chi connectivity index (χ4n) is 2.99. The van der Waals surface area contributed by atoms with Crippen LogP contribution in [0.25, 0.3) is 0 Å². The molecule has 2 unspecified atom stereocenters. The van der Waals surface area contributed by atoms with E-state index in [1.165, 1.54) is 12.0 Å². The van der Waals surface area contributed by atoms with Crippen LogP contribution < -0.4 is 0 Å². The Bertz CT molecular complexity index is 460. The van der Waals surface area contributed by atoms with Gasteiger partial charge in [0.15, 0.2) is 0 Å². The monoisotopic (exact) mass is 259 g/mol. The molecule has 0 saturated heterocycles. The van der Waals surface area contributed by atoms with Crippen LogP contribution in [0.5, 0.6) is 0 Å². The quantitative estimate of drug-likeness (QED) is 0.812. The number of carbonyl (C=O) groups excluding carboxylic acids is 1. The SMILES string of the molecule is CC(=O)N(CC1CC1(C)c1ccccc1)C(C)(C)C. The fraction of sp³-hybridized carbons (Fsp3) is 0.588. The van der Waals surface area contributed by atoms with Gasteiger partial charge in [-0.05, 0) is 44.1 Å². The maximum atomic E-state index is 11.8. The smallest absolute Gasteiger partial charge is 0.219 e. The lowest BCUT2D eigenvalue weighted by Crippen LogP contribution is -2.46. The van der Waals surface area contributed by atoms with Gasteiger partial charge in [-0.15, -0.1) is 0 Å². The molecule has 0 N–H and O–H groups in total. The Morgan fingerprint density at radius 2 is 1.89 bits per heavy atom. The number of hydrogen-bond donors (Lipinski definition) is 0. The topological polar surface area (TPSA) is 20.3 Å². The summed E-state index contributed by atoms with van der Waals surface area (Å²) in [4.78, 5) is 13.8. The average molecular weight is 259 g/mol. The van der Waals surface area contributed by atoms with Crippen molar-refractivity contribution in [3.63, 3.8) is 0 Å². The van der Waals surface area contributed by atoms with E-state index in [2.05, 4.69) is 58.0 Å². The first-order chi connectivity index (χ1) is 8.75. The van der Waals surface area contributed by atoms with Crippen molar-refractivity contribution in [1.29, 1.82) is 0 Å². The van der Waals surface area contributed by atoms with E-state index in [4.69, 9.17) is 0 Å². The number of carbonyl (C=O) groups is 1. The molecule has 104 valence electrons. The van der Waals surface area contributed by atoms with Gasteiger partial charge in [-0.2, -0.15) is 0 Å². The van der Waals surface area contributed by atoms with E-state index in [1.807, 2.05) is 4.90 Å². The van der Waals surface area contributed by atoms with E-state index < -0.39 is 0 Å². The van der Waals surface area contributed by atoms with Crippen molar-refractivity contribution >= 4 is 5.91 Å². The molecule has 0 radical (unpaired) electrons. The second-order valence-electron chi connectivity index (χ2n) is 6.98. The van der Waals surface area contributed by atoms with Crippen LogP contribution in [0.3, 0.4) is 0 Å². The van der Waals surface area contributed by atoms with Crippen LogP contribution >= 0.6 is 0 Å². The van der Waals surface area contributed by atoms with Gasteiger partial charge in [0.2, 0.25) is 5.91 Å². The van der Waals surface area contributed by atoms with Gasteiger partial charge in [0.05, 0.1) is 0 Å². The Morgan fingerprint density at radius 1 is 1.32 bits per heavy atom. The Balaban J connectivity index is 2.09. The molecule has 0 aliphatic heterocycles. The first kappa shape index (κ1) is 14.1. The Hall–Kier alpha value is -1.31. The lowest BCUT2D eigenvalue weighted by Gasteiger charge is -2.35. The first-order valence-electron chi connectivity index (χ1n) is 7.09. The molecule has 19 heavy (non-hydrogen) atoms. The third kappa shape index (κ3) is 2.83. The summed E-state index contributed by atoms with van der Waals surface area (Å²) in [6.07, 6.45) is 1.18. The molecule has 1 aliphatic carbocycles. The highest BCUT2D eigenvalue weighted by Crippen LogP contribution is 2.54. The molecular formula is C17H25NO. The third-order valence-corrected chi connectivity index (χ3v) is 4.44. The van der Waals surface area contributed by atoms with Crippen LogP contribution in [0.15, 0.2) is 30.3 Å². The third-order valence-electron chi connectivity index (χ3n) is 4.44. The van der Waals surface area contributed by atoms with Gasteiger partial charge in [0.25, 0.3) is 0 Å². The number of rotatable bonds is 3. The molecule has 1 aliphatic rings. The number of amides is 1. The molecular weight excluding hydrogens is 234 g/mol. The molecule has 0 aromatic heterocycles. The van der Waals surface area contributed by atoms with Crippen LogP contribution in [0.4, 0.5) is 0 Å². The van der Waals surface area contributed by atoms with Gasteiger partial charge in [0, 0.05) is 19.0 Å². The van der Waals surface area contributed by atoms with Crippen LogP contribution in [0.2, 0.25) is 0 Å². The predicted molar refractivity (Wildman–Crippen MR) is 79.0 cm³/mol. The minimum Gasteiger partial charge on any atom is -0.338 e. The number of hydrogen-bond acceptors (Lipinski definition) is 1. The molecule has 0 spiro atoms. The molecule has 2 rings (SSSR count). The van der Waals surface area contributed by atoms with E-state index in [-0.39, 0.29) is 16.9 Å². The minimum atomic E-state index is -0.0912. The van der Waals surface area contributed by atoms with Crippen LogP contribution in [0.1, 0.15) is 46.6 Å². The highest BCUT2D eigenvalue weighted by Gasteiger charge is 2.52.